The number of hydrogen-bond donors (Lipinski definition) is 2. The lowest BCUT2D eigenvalue weighted by Crippen LogP contribution is -2.07. The Morgan fingerprint density at radius 3 is 2.50 bits per heavy atom. The van der Waals surface area contributed by atoms with E-state index < -0.39 is 0 Å². The van der Waals surface area contributed by atoms with Gasteiger partial charge in [0.05, 0.1) is 0 Å². The second-order valence-corrected chi connectivity index (χ2v) is 4.77. The van der Waals surface area contributed by atoms with E-state index in [2.05, 4.69) is 30.8 Å². The first-order valence-corrected chi connectivity index (χ1v) is 6.40. The first-order chi connectivity index (χ1) is 8.65. The van der Waals surface area contributed by atoms with E-state index in [9.17, 15) is 0 Å². The van der Waals surface area contributed by atoms with Crippen LogP contribution in [0, 0.1) is 16.7 Å². The van der Waals surface area contributed by atoms with Crippen molar-refractivity contribution in [3.63, 3.8) is 0 Å². The summed E-state index contributed by atoms with van der Waals surface area (Å²) < 4.78 is 0. The van der Waals surface area contributed by atoms with Gasteiger partial charge >= 0.3 is 0 Å². The van der Waals surface area contributed by atoms with E-state index in [0.717, 1.165) is 37.0 Å². The molecular weight excluding hydrogens is 220 g/mol. The summed E-state index contributed by atoms with van der Waals surface area (Å²) >= 11 is 0. The van der Waals surface area contributed by atoms with Crippen LogP contribution in [0.25, 0.3) is 6.08 Å². The molecule has 1 aromatic carbocycles. The lowest BCUT2D eigenvalue weighted by atomic mass is 9.91. The summed E-state index contributed by atoms with van der Waals surface area (Å²) in [5.41, 5.74) is 3.17. The fourth-order valence-electron chi connectivity index (χ4n) is 2.01. The second kappa shape index (κ2) is 7.59. The van der Waals surface area contributed by atoms with Gasteiger partial charge in [0.25, 0.3) is 0 Å². The number of hydrogen-bond acceptors (Lipinski definition) is 2. The fraction of sp³-hybridized carbons (Fsp3) is 0.375. The van der Waals surface area contributed by atoms with E-state index in [1.807, 2.05) is 13.0 Å². The van der Waals surface area contributed by atoms with Crippen LogP contribution in [0.2, 0.25) is 0 Å². The molecule has 0 aliphatic heterocycles. The van der Waals surface area contributed by atoms with E-state index in [-0.39, 0.29) is 0 Å². The molecule has 1 atom stereocenters. The third-order valence-electron chi connectivity index (χ3n) is 3.12. The zero-order chi connectivity index (χ0) is 13.4. The first kappa shape index (κ1) is 14.4. The molecule has 0 radical (unpaired) electrons. The molecule has 2 N–H and O–H groups in total. The highest BCUT2D eigenvalue weighted by Crippen LogP contribution is 2.18. The van der Waals surface area contributed by atoms with Crippen molar-refractivity contribution in [1.82, 2.24) is 0 Å². The predicted molar refractivity (Wildman–Crippen MR) is 79.8 cm³/mol. The average molecular weight is 242 g/mol. The van der Waals surface area contributed by atoms with E-state index in [0.29, 0.717) is 5.92 Å². The van der Waals surface area contributed by atoms with Crippen molar-refractivity contribution < 1.29 is 0 Å². The normalized spacial score (nSPS) is 11.8. The molecule has 1 aromatic rings. The van der Waals surface area contributed by atoms with Crippen LogP contribution in [-0.4, -0.2) is 11.9 Å². The highest BCUT2D eigenvalue weighted by Gasteiger charge is 2.09. The second-order valence-electron chi connectivity index (χ2n) is 4.77. The molecule has 0 bridgehead atoms. The topological polar surface area (TPSA) is 47.7 Å². The Morgan fingerprint density at radius 2 is 2.00 bits per heavy atom. The number of rotatable bonds is 8. The maximum atomic E-state index is 7.48. The summed E-state index contributed by atoms with van der Waals surface area (Å²) in [6, 6.07) is 8.41. The van der Waals surface area contributed by atoms with Gasteiger partial charge in [-0.15, -0.1) is 0 Å². The van der Waals surface area contributed by atoms with Crippen LogP contribution < -0.4 is 0 Å². The Kier molecular flexibility index (Phi) is 6.06. The minimum atomic E-state index is 0.470. The highest BCUT2D eigenvalue weighted by molar-refractivity contribution is 5.78. The Bertz CT molecular complexity index is 404. The lowest BCUT2D eigenvalue weighted by Gasteiger charge is -2.14. The minimum absolute atomic E-state index is 0.470. The molecule has 0 aromatic heterocycles. The summed E-state index contributed by atoms with van der Waals surface area (Å²) in [4.78, 5) is 0. The molecule has 1 rings (SSSR count). The molecule has 0 spiro atoms. The maximum Gasteiger partial charge on any atom is 0.00583 e. The average Bonchev–Trinajstić information content (AvgIpc) is 2.37. The van der Waals surface area contributed by atoms with Crippen molar-refractivity contribution in [2.24, 2.45) is 5.92 Å². The zero-order valence-electron chi connectivity index (χ0n) is 11.1. The summed E-state index contributed by atoms with van der Waals surface area (Å²) in [6.07, 6.45) is 6.95. The van der Waals surface area contributed by atoms with Crippen molar-refractivity contribution in [1.29, 1.82) is 10.8 Å². The molecule has 0 saturated heterocycles. The van der Waals surface area contributed by atoms with E-state index in [4.69, 9.17) is 10.8 Å². The quantitative estimate of drug-likeness (QED) is 0.637. The summed E-state index contributed by atoms with van der Waals surface area (Å²) in [5, 5.41) is 14.7. The Morgan fingerprint density at radius 1 is 1.33 bits per heavy atom. The first-order valence-electron chi connectivity index (χ1n) is 6.40. The summed E-state index contributed by atoms with van der Waals surface area (Å²) in [6.45, 7) is 5.59. The van der Waals surface area contributed by atoms with Gasteiger partial charge in [0, 0.05) is 5.71 Å². The van der Waals surface area contributed by atoms with Crippen molar-refractivity contribution in [3.05, 3.63) is 42.0 Å². The Labute approximate surface area is 110 Å². The summed E-state index contributed by atoms with van der Waals surface area (Å²) in [7, 11) is 0. The van der Waals surface area contributed by atoms with Crippen molar-refractivity contribution >= 4 is 18.0 Å². The van der Waals surface area contributed by atoms with Crippen LogP contribution in [0.5, 0.6) is 0 Å². The largest absolute Gasteiger partial charge is 0.313 e. The van der Waals surface area contributed by atoms with Crippen LogP contribution in [-0.2, 0) is 6.42 Å². The molecule has 1 unspecified atom stereocenters. The molecule has 18 heavy (non-hydrogen) atoms. The van der Waals surface area contributed by atoms with E-state index >= 15 is 0 Å². The fourth-order valence-corrected chi connectivity index (χ4v) is 2.01. The van der Waals surface area contributed by atoms with Gasteiger partial charge < -0.3 is 10.8 Å². The molecule has 2 heteroatoms. The minimum Gasteiger partial charge on any atom is -0.313 e. The molecular formula is C16H22N2. The maximum absolute atomic E-state index is 7.48. The Hall–Kier alpha value is -1.70. The van der Waals surface area contributed by atoms with Crippen LogP contribution in [0.1, 0.15) is 37.3 Å². The Balaban J connectivity index is 2.60. The smallest absolute Gasteiger partial charge is 0.00583 e. The van der Waals surface area contributed by atoms with Crippen molar-refractivity contribution in [2.45, 2.75) is 32.6 Å². The predicted octanol–water partition coefficient (Wildman–Crippen LogP) is 4.35. The van der Waals surface area contributed by atoms with E-state index in [1.54, 1.807) is 0 Å². The van der Waals surface area contributed by atoms with Gasteiger partial charge in [0.2, 0.25) is 0 Å². The van der Waals surface area contributed by atoms with Gasteiger partial charge in [-0.3, -0.25) is 0 Å². The van der Waals surface area contributed by atoms with Gasteiger partial charge in [0.1, 0.15) is 0 Å². The van der Waals surface area contributed by atoms with Gasteiger partial charge in [0.15, 0.2) is 0 Å². The lowest BCUT2D eigenvalue weighted by molar-refractivity contribution is 0.514. The molecule has 0 fully saturated rings. The van der Waals surface area contributed by atoms with Crippen LogP contribution >= 0.6 is 0 Å². The van der Waals surface area contributed by atoms with Gasteiger partial charge in [-0.25, -0.2) is 0 Å². The molecule has 2 nitrogen and oxygen atoms in total. The van der Waals surface area contributed by atoms with Crippen LogP contribution in [0.15, 0.2) is 30.8 Å². The molecule has 0 amide bonds. The van der Waals surface area contributed by atoms with Gasteiger partial charge in [-0.2, -0.15) is 0 Å². The molecule has 0 heterocycles. The van der Waals surface area contributed by atoms with Gasteiger partial charge in [-0.05, 0) is 55.9 Å². The van der Waals surface area contributed by atoms with Crippen LogP contribution in [0.4, 0.5) is 0 Å². The molecule has 0 aliphatic rings. The number of nitrogens with one attached hydrogen (secondary N) is 2. The van der Waals surface area contributed by atoms with Crippen LogP contribution in [0.3, 0.4) is 0 Å². The molecule has 96 valence electrons. The standard InChI is InChI=1S/C16H22N2/c1-3-14-6-8-15(9-7-14)12-16(10-11-17)5-4-13(2)18/h3,6-9,11,16-18H,1,4-5,10,12H2,2H3. The third kappa shape index (κ3) is 5.09. The summed E-state index contributed by atoms with van der Waals surface area (Å²) in [5.74, 6) is 0.470. The van der Waals surface area contributed by atoms with Crippen molar-refractivity contribution in [3.8, 4) is 0 Å². The van der Waals surface area contributed by atoms with Gasteiger partial charge in [-0.1, -0.05) is 36.9 Å². The zero-order valence-corrected chi connectivity index (χ0v) is 11.1. The third-order valence-corrected chi connectivity index (χ3v) is 3.12. The highest BCUT2D eigenvalue weighted by atomic mass is 14.4. The SMILES string of the molecule is C=Cc1ccc(CC(CC=N)CCC(C)=N)cc1. The van der Waals surface area contributed by atoms with E-state index in [1.165, 1.54) is 11.8 Å². The monoisotopic (exact) mass is 242 g/mol. The molecule has 0 saturated carbocycles. The van der Waals surface area contributed by atoms with Crippen molar-refractivity contribution in [2.75, 3.05) is 0 Å². The number of benzene rings is 1. The molecule has 0 aliphatic carbocycles.